The van der Waals surface area contributed by atoms with Gasteiger partial charge in [-0.15, -0.1) is 0 Å². The molecule has 2 amide bonds. The molecule has 0 unspecified atom stereocenters. The minimum atomic E-state index is -0.906. The molecule has 7 heteroatoms. The highest BCUT2D eigenvalue weighted by molar-refractivity contribution is 6.23. The van der Waals surface area contributed by atoms with Crippen LogP contribution in [0, 0.1) is 0 Å². The molecule has 1 N–H and O–H groups in total. The van der Waals surface area contributed by atoms with E-state index >= 15 is 0 Å². The van der Waals surface area contributed by atoms with Crippen LogP contribution in [0.25, 0.3) is 5.70 Å². The summed E-state index contributed by atoms with van der Waals surface area (Å²) in [6, 6.07) is 9.50. The van der Waals surface area contributed by atoms with Gasteiger partial charge in [-0.1, -0.05) is 12.1 Å². The van der Waals surface area contributed by atoms with Crippen LogP contribution < -0.4 is 14.8 Å². The molecule has 2 aromatic carbocycles. The molecule has 1 atom stereocenters. The second-order valence-corrected chi connectivity index (χ2v) is 7.20. The molecule has 0 spiro atoms. The van der Waals surface area contributed by atoms with Crippen LogP contribution in [-0.2, 0) is 11.2 Å². The van der Waals surface area contributed by atoms with Gasteiger partial charge in [-0.3, -0.25) is 19.3 Å². The second-order valence-electron chi connectivity index (χ2n) is 7.20. The summed E-state index contributed by atoms with van der Waals surface area (Å²) < 4.78 is 10.9. The first-order valence-electron chi connectivity index (χ1n) is 9.44. The molecule has 0 radical (unpaired) electrons. The zero-order valence-electron chi connectivity index (χ0n) is 15.7. The van der Waals surface area contributed by atoms with Crippen LogP contribution >= 0.6 is 0 Å². The number of carbonyl (C=O) groups excluding carboxylic acids is 3. The topological polar surface area (TPSA) is 84.9 Å². The largest absolute Gasteiger partial charge is 0.454 e. The molecular weight excluding hydrogens is 372 g/mol. The van der Waals surface area contributed by atoms with Crippen LogP contribution in [0.1, 0.15) is 38.8 Å². The fourth-order valence-corrected chi connectivity index (χ4v) is 3.95. The Morgan fingerprint density at radius 2 is 1.72 bits per heavy atom. The Morgan fingerprint density at radius 3 is 2.41 bits per heavy atom. The van der Waals surface area contributed by atoms with E-state index in [4.69, 9.17) is 9.47 Å². The van der Waals surface area contributed by atoms with Crippen molar-refractivity contribution in [2.24, 2.45) is 0 Å². The van der Waals surface area contributed by atoms with Gasteiger partial charge < -0.3 is 14.8 Å². The van der Waals surface area contributed by atoms with Crippen molar-refractivity contribution in [3.63, 3.8) is 0 Å². The Morgan fingerprint density at radius 1 is 1.07 bits per heavy atom. The molecule has 3 heterocycles. The van der Waals surface area contributed by atoms with E-state index in [1.165, 1.54) is 6.08 Å². The van der Waals surface area contributed by atoms with Gasteiger partial charge in [0.05, 0.1) is 11.1 Å². The Labute approximate surface area is 166 Å². The van der Waals surface area contributed by atoms with E-state index in [9.17, 15) is 14.4 Å². The number of nitrogens with zero attached hydrogens (tertiary/aromatic N) is 1. The van der Waals surface area contributed by atoms with Crippen molar-refractivity contribution >= 4 is 23.3 Å². The number of amides is 2. The highest BCUT2D eigenvalue weighted by atomic mass is 16.7. The van der Waals surface area contributed by atoms with Crippen LogP contribution in [0.2, 0.25) is 0 Å². The first kappa shape index (κ1) is 17.5. The lowest BCUT2D eigenvalue weighted by Crippen LogP contribution is -2.42. The van der Waals surface area contributed by atoms with Gasteiger partial charge in [0.1, 0.15) is 6.04 Å². The fraction of sp³-hybridized carbons (Fsp3) is 0.227. The van der Waals surface area contributed by atoms with Gasteiger partial charge in [0.2, 0.25) is 6.79 Å². The van der Waals surface area contributed by atoms with Crippen molar-refractivity contribution in [3.8, 4) is 11.5 Å². The molecule has 29 heavy (non-hydrogen) atoms. The van der Waals surface area contributed by atoms with E-state index < -0.39 is 17.9 Å². The van der Waals surface area contributed by atoms with Gasteiger partial charge >= 0.3 is 0 Å². The van der Waals surface area contributed by atoms with Crippen molar-refractivity contribution in [1.29, 1.82) is 0 Å². The van der Waals surface area contributed by atoms with Gasteiger partial charge in [-0.2, -0.15) is 0 Å². The van der Waals surface area contributed by atoms with Crippen molar-refractivity contribution < 1.29 is 23.9 Å². The third-order valence-electron chi connectivity index (χ3n) is 5.51. The number of nitrogens with one attached hydrogen (secondary N) is 1. The maximum Gasteiger partial charge on any atom is 0.262 e. The van der Waals surface area contributed by atoms with E-state index in [0.717, 1.165) is 22.4 Å². The van der Waals surface area contributed by atoms with Crippen molar-refractivity contribution in [2.75, 3.05) is 13.3 Å². The van der Waals surface area contributed by atoms with Gasteiger partial charge in [-0.05, 0) is 43.2 Å². The number of fused-ring (bicyclic) bond motifs is 3. The summed E-state index contributed by atoms with van der Waals surface area (Å²) in [4.78, 5) is 39.3. The number of imide groups is 1. The maximum absolute atomic E-state index is 13.0. The van der Waals surface area contributed by atoms with E-state index in [1.54, 1.807) is 31.2 Å². The summed E-state index contributed by atoms with van der Waals surface area (Å²) in [6.45, 7) is 2.43. The quantitative estimate of drug-likeness (QED) is 0.639. The molecule has 3 aliphatic heterocycles. The van der Waals surface area contributed by atoms with Gasteiger partial charge in [0, 0.05) is 23.9 Å². The zero-order chi connectivity index (χ0) is 20.1. The van der Waals surface area contributed by atoms with Gasteiger partial charge in [-0.25, -0.2) is 0 Å². The summed E-state index contributed by atoms with van der Waals surface area (Å²) in [5, 5.41) is 3.24. The van der Waals surface area contributed by atoms with Crippen molar-refractivity contribution in [1.82, 2.24) is 10.2 Å². The molecule has 5 rings (SSSR count). The normalized spacial score (nSPS) is 19.1. The number of carbonyl (C=O) groups is 3. The predicted octanol–water partition coefficient (Wildman–Crippen LogP) is 2.16. The summed E-state index contributed by atoms with van der Waals surface area (Å²) in [5.74, 6) is 0.137. The monoisotopic (exact) mass is 390 g/mol. The summed E-state index contributed by atoms with van der Waals surface area (Å²) in [6.07, 6.45) is 2.26. The van der Waals surface area contributed by atoms with E-state index in [1.807, 2.05) is 12.1 Å². The summed E-state index contributed by atoms with van der Waals surface area (Å²) in [7, 11) is 0. The standard InChI is InChI=1S/C22H18N2O5/c1-12(24-21(26)14-4-2-3-5-15(14)22(24)27)18(25)10-17-16-9-20-19(28-11-29-20)8-13(16)6-7-23-17/h2-5,8-10,12,23H,6-7,11H2,1H3/b17-10-/t12-/m0/s1. The lowest BCUT2D eigenvalue weighted by molar-refractivity contribution is -0.117. The van der Waals surface area contributed by atoms with Gasteiger partial charge in [0.25, 0.3) is 11.8 Å². The van der Waals surface area contributed by atoms with E-state index in [2.05, 4.69) is 5.32 Å². The minimum absolute atomic E-state index is 0.181. The first-order valence-corrected chi connectivity index (χ1v) is 9.44. The highest BCUT2D eigenvalue weighted by Crippen LogP contribution is 2.38. The highest BCUT2D eigenvalue weighted by Gasteiger charge is 2.40. The SMILES string of the molecule is C[C@@H](C(=O)/C=C1\NCCc2cc3c(cc21)OCO3)N1C(=O)c2ccccc2C1=O. The number of ether oxygens (including phenoxy) is 2. The van der Waals surface area contributed by atoms with E-state index in [0.29, 0.717) is 34.9 Å². The molecular formula is C22H18N2O5. The first-order chi connectivity index (χ1) is 14.0. The third-order valence-corrected chi connectivity index (χ3v) is 5.51. The molecule has 0 aromatic heterocycles. The Balaban J connectivity index is 1.45. The van der Waals surface area contributed by atoms with Crippen LogP contribution in [0.3, 0.4) is 0 Å². The number of hydrogen-bond acceptors (Lipinski definition) is 6. The average Bonchev–Trinajstić information content (AvgIpc) is 3.29. The van der Waals surface area contributed by atoms with Crippen molar-refractivity contribution in [3.05, 3.63) is 64.7 Å². The smallest absolute Gasteiger partial charge is 0.262 e. The molecule has 2 aromatic rings. The molecule has 0 saturated carbocycles. The number of rotatable bonds is 3. The number of ketones is 1. The second kappa shape index (κ2) is 6.48. The molecule has 7 nitrogen and oxygen atoms in total. The molecule has 3 aliphatic rings. The lowest BCUT2D eigenvalue weighted by atomic mass is 9.96. The lowest BCUT2D eigenvalue weighted by Gasteiger charge is -2.23. The molecule has 146 valence electrons. The van der Waals surface area contributed by atoms with Crippen molar-refractivity contribution in [2.45, 2.75) is 19.4 Å². The maximum atomic E-state index is 13.0. The van der Waals surface area contributed by atoms with Crippen LogP contribution in [-0.4, -0.2) is 41.9 Å². The average molecular weight is 390 g/mol. The Bertz CT molecular complexity index is 1070. The predicted molar refractivity (Wildman–Crippen MR) is 104 cm³/mol. The number of benzene rings is 2. The number of hydrogen-bond donors (Lipinski definition) is 1. The van der Waals surface area contributed by atoms with Crippen LogP contribution in [0.5, 0.6) is 11.5 Å². The minimum Gasteiger partial charge on any atom is -0.454 e. The third kappa shape index (κ3) is 2.69. The fourth-order valence-electron chi connectivity index (χ4n) is 3.95. The zero-order valence-corrected chi connectivity index (χ0v) is 15.7. The summed E-state index contributed by atoms with van der Waals surface area (Å²) >= 11 is 0. The van der Waals surface area contributed by atoms with Crippen LogP contribution in [0.4, 0.5) is 0 Å². The molecule has 0 bridgehead atoms. The molecule has 0 fully saturated rings. The van der Waals surface area contributed by atoms with Gasteiger partial charge in [0.15, 0.2) is 17.3 Å². The summed E-state index contributed by atoms with van der Waals surface area (Å²) in [5.41, 5.74) is 3.24. The van der Waals surface area contributed by atoms with E-state index in [-0.39, 0.29) is 12.6 Å². The Kier molecular flexibility index (Phi) is 3.91. The molecule has 0 aliphatic carbocycles. The molecule has 0 saturated heterocycles. The Hall–Kier alpha value is -3.61. The van der Waals surface area contributed by atoms with Crippen LogP contribution in [0.15, 0.2) is 42.5 Å².